The van der Waals surface area contributed by atoms with Crippen LogP contribution in [0.25, 0.3) is 0 Å². The van der Waals surface area contributed by atoms with Crippen molar-refractivity contribution in [3.63, 3.8) is 0 Å². The number of rotatable bonds is 3. The Kier molecular flexibility index (Phi) is 3.95. The van der Waals surface area contributed by atoms with E-state index in [9.17, 15) is 9.90 Å². The Morgan fingerprint density at radius 3 is 2.75 bits per heavy atom. The molecule has 16 heavy (non-hydrogen) atoms. The zero-order valence-corrected chi connectivity index (χ0v) is 10.7. The lowest BCUT2D eigenvalue weighted by Gasteiger charge is -2.37. The Labute approximate surface area is 98.1 Å². The molecular formula is C14H22O2. The molecule has 0 aliphatic heterocycles. The van der Waals surface area contributed by atoms with Gasteiger partial charge >= 0.3 is 5.97 Å². The van der Waals surface area contributed by atoms with Crippen molar-refractivity contribution >= 4 is 5.97 Å². The van der Waals surface area contributed by atoms with Crippen LogP contribution in [0.1, 0.15) is 47.0 Å². The van der Waals surface area contributed by atoms with Crippen molar-refractivity contribution in [2.75, 3.05) is 0 Å². The number of carboxylic acids is 1. The van der Waals surface area contributed by atoms with Crippen LogP contribution in [0, 0.1) is 11.3 Å². The lowest BCUT2D eigenvalue weighted by molar-refractivity contribution is -0.151. The highest BCUT2D eigenvalue weighted by Gasteiger charge is 2.42. The van der Waals surface area contributed by atoms with Crippen LogP contribution in [0.2, 0.25) is 0 Å². The van der Waals surface area contributed by atoms with Crippen molar-refractivity contribution in [1.29, 1.82) is 0 Å². The van der Waals surface area contributed by atoms with E-state index < -0.39 is 11.4 Å². The molecule has 2 nitrogen and oxygen atoms in total. The minimum absolute atomic E-state index is 0.147. The molecule has 0 saturated heterocycles. The van der Waals surface area contributed by atoms with Crippen LogP contribution in [0.4, 0.5) is 0 Å². The lowest BCUT2D eigenvalue weighted by atomic mass is 9.66. The maximum Gasteiger partial charge on any atom is 0.309 e. The normalized spacial score (nSPS) is 29.5. The maximum absolute atomic E-state index is 11.4. The van der Waals surface area contributed by atoms with Gasteiger partial charge in [-0.3, -0.25) is 4.79 Å². The van der Waals surface area contributed by atoms with Crippen molar-refractivity contribution in [2.45, 2.75) is 47.0 Å². The lowest BCUT2D eigenvalue weighted by Crippen LogP contribution is -2.38. The van der Waals surface area contributed by atoms with Crippen LogP contribution in [-0.2, 0) is 4.79 Å². The topological polar surface area (TPSA) is 37.3 Å². The van der Waals surface area contributed by atoms with Gasteiger partial charge in [0.1, 0.15) is 0 Å². The van der Waals surface area contributed by atoms with E-state index in [0.717, 1.165) is 19.3 Å². The zero-order valence-electron chi connectivity index (χ0n) is 10.7. The van der Waals surface area contributed by atoms with Gasteiger partial charge in [0.25, 0.3) is 0 Å². The minimum Gasteiger partial charge on any atom is -0.481 e. The van der Waals surface area contributed by atoms with Crippen LogP contribution < -0.4 is 0 Å². The monoisotopic (exact) mass is 222 g/mol. The second kappa shape index (κ2) is 4.86. The standard InChI is InChI=1S/C14H22O2/c1-10(2)7-8-12-11(3)6-5-9-14(12,4)13(15)16/h6-7,12H,5,8-9H2,1-4H3,(H,15,16). The molecule has 1 aliphatic rings. The van der Waals surface area contributed by atoms with E-state index >= 15 is 0 Å². The van der Waals surface area contributed by atoms with Gasteiger partial charge in [-0.1, -0.05) is 23.3 Å². The SMILES string of the molecule is CC(C)=CCC1C(C)=CCCC1(C)C(=O)O. The molecule has 0 aromatic heterocycles. The molecule has 0 radical (unpaired) electrons. The van der Waals surface area contributed by atoms with Gasteiger partial charge in [-0.2, -0.15) is 0 Å². The quantitative estimate of drug-likeness (QED) is 0.738. The number of hydrogen-bond donors (Lipinski definition) is 1. The molecule has 0 aromatic carbocycles. The minimum atomic E-state index is -0.660. The molecule has 90 valence electrons. The molecule has 0 saturated carbocycles. The maximum atomic E-state index is 11.4. The van der Waals surface area contributed by atoms with Crippen molar-refractivity contribution in [3.8, 4) is 0 Å². The number of allylic oxidation sites excluding steroid dienone is 4. The van der Waals surface area contributed by atoms with Crippen LogP contribution in [-0.4, -0.2) is 11.1 Å². The van der Waals surface area contributed by atoms with Crippen molar-refractivity contribution in [2.24, 2.45) is 11.3 Å². The van der Waals surface area contributed by atoms with Gasteiger partial charge < -0.3 is 5.11 Å². The molecule has 1 aliphatic carbocycles. The molecule has 1 N–H and O–H groups in total. The summed E-state index contributed by atoms with van der Waals surface area (Å²) in [5, 5.41) is 9.40. The van der Waals surface area contributed by atoms with E-state index in [-0.39, 0.29) is 5.92 Å². The Balaban J connectivity index is 2.97. The second-order valence-corrected chi connectivity index (χ2v) is 5.28. The van der Waals surface area contributed by atoms with E-state index in [1.54, 1.807) is 0 Å². The molecule has 0 aromatic rings. The van der Waals surface area contributed by atoms with E-state index in [1.807, 2.05) is 6.92 Å². The Bertz CT molecular complexity index is 335. The molecule has 0 fully saturated rings. The third-order valence-electron chi connectivity index (χ3n) is 3.70. The average molecular weight is 222 g/mol. The predicted molar refractivity (Wildman–Crippen MR) is 66.3 cm³/mol. The van der Waals surface area contributed by atoms with Gasteiger partial charge in [0.15, 0.2) is 0 Å². The van der Waals surface area contributed by atoms with Gasteiger partial charge in [-0.25, -0.2) is 0 Å². The summed E-state index contributed by atoms with van der Waals surface area (Å²) in [4.78, 5) is 11.4. The predicted octanol–water partition coefficient (Wildman–Crippen LogP) is 3.79. The average Bonchev–Trinajstić information content (AvgIpc) is 2.16. The molecule has 2 heteroatoms. The van der Waals surface area contributed by atoms with E-state index in [4.69, 9.17) is 0 Å². The third-order valence-corrected chi connectivity index (χ3v) is 3.70. The first kappa shape index (κ1) is 13.0. The Hall–Kier alpha value is -1.05. The largest absolute Gasteiger partial charge is 0.481 e. The van der Waals surface area contributed by atoms with Crippen molar-refractivity contribution in [1.82, 2.24) is 0 Å². The third kappa shape index (κ3) is 2.55. The molecule has 2 atom stereocenters. The smallest absolute Gasteiger partial charge is 0.309 e. The van der Waals surface area contributed by atoms with Crippen molar-refractivity contribution in [3.05, 3.63) is 23.3 Å². The van der Waals surface area contributed by atoms with Crippen LogP contribution >= 0.6 is 0 Å². The van der Waals surface area contributed by atoms with Gasteiger partial charge in [0, 0.05) is 0 Å². The van der Waals surface area contributed by atoms with E-state index in [0.29, 0.717) is 0 Å². The summed E-state index contributed by atoms with van der Waals surface area (Å²) in [7, 11) is 0. The highest BCUT2D eigenvalue weighted by molar-refractivity contribution is 5.75. The fourth-order valence-corrected chi connectivity index (χ4v) is 2.47. The molecule has 1 rings (SSSR count). The molecular weight excluding hydrogens is 200 g/mol. The first-order valence-electron chi connectivity index (χ1n) is 5.91. The molecule has 0 bridgehead atoms. The highest BCUT2D eigenvalue weighted by Crippen LogP contribution is 2.43. The molecule has 0 spiro atoms. The van der Waals surface area contributed by atoms with Crippen LogP contribution in [0.3, 0.4) is 0 Å². The summed E-state index contributed by atoms with van der Waals surface area (Å²) in [6.07, 6.45) is 6.82. The number of aliphatic carboxylic acids is 1. The highest BCUT2D eigenvalue weighted by atomic mass is 16.4. The molecule has 2 unspecified atom stereocenters. The number of carboxylic acid groups (broad SMARTS) is 1. The number of hydrogen-bond acceptors (Lipinski definition) is 1. The Morgan fingerprint density at radius 1 is 1.62 bits per heavy atom. The van der Waals surface area contributed by atoms with E-state index in [1.165, 1.54) is 11.1 Å². The summed E-state index contributed by atoms with van der Waals surface area (Å²) >= 11 is 0. The Morgan fingerprint density at radius 2 is 2.25 bits per heavy atom. The fraction of sp³-hybridized carbons (Fsp3) is 0.643. The first-order chi connectivity index (χ1) is 7.38. The molecule has 0 amide bonds. The summed E-state index contributed by atoms with van der Waals surface area (Å²) in [6, 6.07) is 0. The number of carbonyl (C=O) groups is 1. The second-order valence-electron chi connectivity index (χ2n) is 5.28. The van der Waals surface area contributed by atoms with Gasteiger partial charge in [-0.15, -0.1) is 0 Å². The van der Waals surface area contributed by atoms with Crippen LogP contribution in [0.5, 0.6) is 0 Å². The fourth-order valence-electron chi connectivity index (χ4n) is 2.47. The van der Waals surface area contributed by atoms with Gasteiger partial charge in [0.05, 0.1) is 5.41 Å². The van der Waals surface area contributed by atoms with Gasteiger partial charge in [0.2, 0.25) is 0 Å². The van der Waals surface area contributed by atoms with E-state index in [2.05, 4.69) is 32.9 Å². The molecule has 0 heterocycles. The van der Waals surface area contributed by atoms with Gasteiger partial charge in [-0.05, 0) is 52.9 Å². The first-order valence-corrected chi connectivity index (χ1v) is 5.91. The summed E-state index contributed by atoms with van der Waals surface area (Å²) in [5.74, 6) is -0.513. The van der Waals surface area contributed by atoms with Crippen molar-refractivity contribution < 1.29 is 9.90 Å². The van der Waals surface area contributed by atoms with Crippen LogP contribution in [0.15, 0.2) is 23.3 Å². The summed E-state index contributed by atoms with van der Waals surface area (Å²) < 4.78 is 0. The zero-order chi connectivity index (χ0) is 12.3. The summed E-state index contributed by atoms with van der Waals surface area (Å²) in [6.45, 7) is 8.05. The summed E-state index contributed by atoms with van der Waals surface area (Å²) in [5.41, 5.74) is 1.89.